The van der Waals surface area contributed by atoms with Crippen LogP contribution in [-0.4, -0.2) is 35.0 Å². The number of aliphatic hydroxyl groups is 2. The summed E-state index contributed by atoms with van der Waals surface area (Å²) in [6.07, 6.45) is 1.95. The zero-order valence-electron chi connectivity index (χ0n) is 9.30. The van der Waals surface area contributed by atoms with Crippen LogP contribution in [0.15, 0.2) is 35.9 Å². The van der Waals surface area contributed by atoms with E-state index in [-0.39, 0.29) is 19.6 Å². The van der Waals surface area contributed by atoms with E-state index in [4.69, 9.17) is 14.9 Å². The van der Waals surface area contributed by atoms with Crippen molar-refractivity contribution in [3.8, 4) is 0 Å². The molecule has 0 radical (unpaired) electrons. The first-order valence-corrected chi connectivity index (χ1v) is 5.40. The third kappa shape index (κ3) is 2.38. The Balaban J connectivity index is 2.24. The van der Waals surface area contributed by atoms with Crippen molar-refractivity contribution in [2.75, 3.05) is 13.2 Å². The molecule has 1 saturated heterocycles. The first kappa shape index (κ1) is 11.8. The molecule has 0 aliphatic carbocycles. The molecule has 0 atom stereocenters. The van der Waals surface area contributed by atoms with E-state index in [1.165, 1.54) is 0 Å². The molecule has 1 fully saturated rings. The maximum atomic E-state index is 11.6. The molecule has 4 heteroatoms. The molecule has 1 heterocycles. The van der Waals surface area contributed by atoms with Crippen molar-refractivity contribution in [3.63, 3.8) is 0 Å². The van der Waals surface area contributed by atoms with Gasteiger partial charge in [0.1, 0.15) is 0 Å². The third-order valence-corrected chi connectivity index (χ3v) is 2.80. The highest BCUT2D eigenvalue weighted by molar-refractivity contribution is 5.96. The molecule has 90 valence electrons. The molecular weight excluding hydrogens is 220 g/mol. The van der Waals surface area contributed by atoms with Crippen LogP contribution in [0, 0.1) is 0 Å². The lowest BCUT2D eigenvalue weighted by Crippen LogP contribution is -2.37. The van der Waals surface area contributed by atoms with Gasteiger partial charge in [-0.25, -0.2) is 4.79 Å². The predicted octanol–water partition coefficient (Wildman–Crippen LogP) is 0.740. The highest BCUT2D eigenvalue weighted by Crippen LogP contribution is 2.31. The van der Waals surface area contributed by atoms with Crippen LogP contribution in [-0.2, 0) is 9.53 Å². The van der Waals surface area contributed by atoms with Gasteiger partial charge < -0.3 is 14.9 Å². The Bertz CT molecular complexity index is 432. The van der Waals surface area contributed by atoms with Crippen molar-refractivity contribution < 1.29 is 19.7 Å². The quantitative estimate of drug-likeness (QED) is 0.598. The molecule has 0 saturated carbocycles. The van der Waals surface area contributed by atoms with Gasteiger partial charge >= 0.3 is 5.97 Å². The molecule has 1 aliphatic heterocycles. The number of aliphatic hydroxyl groups excluding tert-OH is 2. The van der Waals surface area contributed by atoms with Crippen LogP contribution in [0.3, 0.4) is 0 Å². The van der Waals surface area contributed by atoms with Crippen LogP contribution >= 0.6 is 0 Å². The number of carbonyl (C=O) groups is 1. The lowest BCUT2D eigenvalue weighted by Gasteiger charge is -2.21. The van der Waals surface area contributed by atoms with Gasteiger partial charge in [0, 0.05) is 12.0 Å². The van der Waals surface area contributed by atoms with Crippen LogP contribution in [0.5, 0.6) is 0 Å². The zero-order chi connectivity index (χ0) is 12.3. The minimum Gasteiger partial charge on any atom is -0.450 e. The number of cyclic esters (lactones) is 1. The lowest BCUT2D eigenvalue weighted by atomic mass is 9.98. The van der Waals surface area contributed by atoms with Gasteiger partial charge in [0.05, 0.1) is 13.2 Å². The molecule has 2 N–H and O–H groups in total. The van der Waals surface area contributed by atoms with E-state index in [0.717, 1.165) is 5.56 Å². The predicted molar refractivity (Wildman–Crippen MR) is 62.0 cm³/mol. The third-order valence-electron chi connectivity index (χ3n) is 2.80. The van der Waals surface area contributed by atoms with E-state index < -0.39 is 11.6 Å². The fraction of sp³-hybridized carbons (Fsp3) is 0.308. The van der Waals surface area contributed by atoms with E-state index in [0.29, 0.717) is 5.57 Å². The molecule has 1 aromatic carbocycles. The van der Waals surface area contributed by atoms with Crippen LogP contribution in [0.4, 0.5) is 0 Å². The Kier molecular flexibility index (Phi) is 3.26. The number of rotatable bonds is 3. The van der Waals surface area contributed by atoms with Crippen molar-refractivity contribution in [1.29, 1.82) is 0 Å². The maximum absolute atomic E-state index is 11.6. The Labute approximate surface area is 99.2 Å². The molecule has 0 unspecified atom stereocenters. The van der Waals surface area contributed by atoms with Gasteiger partial charge in [0.2, 0.25) is 0 Å². The van der Waals surface area contributed by atoms with Gasteiger partial charge in [-0.2, -0.15) is 0 Å². The second-order valence-corrected chi connectivity index (χ2v) is 4.15. The average Bonchev–Trinajstić information content (AvgIpc) is 2.68. The molecular formula is C13H14O4. The number of carbonyl (C=O) groups excluding carboxylic acids is 1. The van der Waals surface area contributed by atoms with E-state index >= 15 is 0 Å². The Morgan fingerprint density at radius 3 is 2.41 bits per heavy atom. The molecule has 0 bridgehead atoms. The minimum absolute atomic E-state index is 0.230. The average molecular weight is 234 g/mol. The summed E-state index contributed by atoms with van der Waals surface area (Å²) in [5, 5.41) is 18.3. The van der Waals surface area contributed by atoms with Crippen LogP contribution in [0.2, 0.25) is 0 Å². The summed E-state index contributed by atoms with van der Waals surface area (Å²) in [5.74, 6) is -0.475. The van der Waals surface area contributed by atoms with Gasteiger partial charge in [-0.1, -0.05) is 30.3 Å². The van der Waals surface area contributed by atoms with E-state index in [1.54, 1.807) is 6.08 Å². The van der Waals surface area contributed by atoms with E-state index in [1.807, 2.05) is 30.3 Å². The molecule has 0 aromatic heterocycles. The number of benzene rings is 1. The first-order chi connectivity index (χ1) is 8.19. The van der Waals surface area contributed by atoms with E-state index in [2.05, 4.69) is 0 Å². The van der Waals surface area contributed by atoms with Gasteiger partial charge in [0.15, 0.2) is 5.60 Å². The van der Waals surface area contributed by atoms with Crippen LogP contribution < -0.4 is 0 Å². The number of esters is 1. The largest absolute Gasteiger partial charge is 0.450 e. The molecule has 1 aliphatic rings. The Hall–Kier alpha value is -1.65. The molecule has 0 amide bonds. The van der Waals surface area contributed by atoms with Gasteiger partial charge in [0.25, 0.3) is 0 Å². The summed E-state index contributed by atoms with van der Waals surface area (Å²) >= 11 is 0. The molecule has 0 spiro atoms. The second kappa shape index (κ2) is 4.69. The Morgan fingerprint density at radius 1 is 1.24 bits per heavy atom. The van der Waals surface area contributed by atoms with Gasteiger partial charge in [-0.05, 0) is 11.6 Å². The minimum atomic E-state index is -1.16. The fourth-order valence-electron chi connectivity index (χ4n) is 1.80. The molecule has 1 aromatic rings. The maximum Gasteiger partial charge on any atom is 0.334 e. The summed E-state index contributed by atoms with van der Waals surface area (Å²) in [5.41, 5.74) is 0.211. The van der Waals surface area contributed by atoms with Crippen molar-refractivity contribution in [3.05, 3.63) is 41.5 Å². The van der Waals surface area contributed by atoms with Crippen LogP contribution in [0.25, 0.3) is 6.08 Å². The smallest absolute Gasteiger partial charge is 0.334 e. The van der Waals surface area contributed by atoms with Crippen molar-refractivity contribution in [2.45, 2.75) is 12.0 Å². The highest BCUT2D eigenvalue weighted by Gasteiger charge is 2.42. The monoisotopic (exact) mass is 234 g/mol. The Morgan fingerprint density at radius 2 is 1.88 bits per heavy atom. The summed E-state index contributed by atoms with van der Waals surface area (Å²) < 4.78 is 5.02. The summed E-state index contributed by atoms with van der Waals surface area (Å²) in [6, 6.07) is 9.38. The lowest BCUT2D eigenvalue weighted by molar-refractivity contribution is -0.154. The second-order valence-electron chi connectivity index (χ2n) is 4.15. The van der Waals surface area contributed by atoms with Crippen molar-refractivity contribution in [1.82, 2.24) is 0 Å². The topological polar surface area (TPSA) is 66.8 Å². The van der Waals surface area contributed by atoms with E-state index in [9.17, 15) is 4.79 Å². The first-order valence-electron chi connectivity index (χ1n) is 5.40. The number of hydrogen-bond donors (Lipinski definition) is 2. The SMILES string of the molecule is O=C1OC(CO)(CO)C/C1=C\c1ccccc1. The van der Waals surface area contributed by atoms with Crippen molar-refractivity contribution in [2.24, 2.45) is 0 Å². The molecule has 2 rings (SSSR count). The summed E-state index contributed by atoms with van der Waals surface area (Å²) in [4.78, 5) is 11.6. The zero-order valence-corrected chi connectivity index (χ0v) is 9.30. The molecule has 17 heavy (non-hydrogen) atoms. The van der Waals surface area contributed by atoms with Gasteiger partial charge in [-0.3, -0.25) is 0 Å². The summed E-state index contributed by atoms with van der Waals surface area (Å²) in [7, 11) is 0. The molecule has 4 nitrogen and oxygen atoms in total. The van der Waals surface area contributed by atoms with Crippen LogP contribution in [0.1, 0.15) is 12.0 Å². The van der Waals surface area contributed by atoms with Crippen molar-refractivity contribution >= 4 is 12.0 Å². The normalized spacial score (nSPS) is 20.6. The summed E-state index contributed by atoms with van der Waals surface area (Å²) in [6.45, 7) is -0.747. The number of hydrogen-bond acceptors (Lipinski definition) is 4. The fourth-order valence-corrected chi connectivity index (χ4v) is 1.80. The standard InChI is InChI=1S/C13H14O4/c14-8-13(9-15)7-11(12(16)17-13)6-10-4-2-1-3-5-10/h1-6,14-15H,7-9H2/b11-6+. The highest BCUT2D eigenvalue weighted by atomic mass is 16.6. The van der Waals surface area contributed by atoms with Gasteiger partial charge in [-0.15, -0.1) is 0 Å². The number of ether oxygens (including phenoxy) is 1.